The van der Waals surface area contributed by atoms with Crippen LogP contribution in [0, 0.1) is 0 Å². The van der Waals surface area contributed by atoms with Crippen molar-refractivity contribution in [1.29, 1.82) is 0 Å². The van der Waals surface area contributed by atoms with Crippen molar-refractivity contribution in [2.45, 2.75) is 12.8 Å². The third kappa shape index (κ3) is 2.98. The summed E-state index contributed by atoms with van der Waals surface area (Å²) in [6, 6.07) is 1.61. The van der Waals surface area contributed by atoms with E-state index in [1.54, 1.807) is 0 Å². The second kappa shape index (κ2) is 4.75. The summed E-state index contributed by atoms with van der Waals surface area (Å²) in [5.74, 6) is -1.08. The number of hydrogen-bond donors (Lipinski definition) is 0. The van der Waals surface area contributed by atoms with Crippen molar-refractivity contribution < 1.29 is 26.7 Å². The van der Waals surface area contributed by atoms with E-state index in [2.05, 4.69) is 20.7 Å². The first-order valence-electron chi connectivity index (χ1n) is 3.73. The van der Waals surface area contributed by atoms with Crippen LogP contribution >= 0.6 is 27.5 Å². The van der Waals surface area contributed by atoms with Gasteiger partial charge in [-0.05, 0) is 28.1 Å². The Morgan fingerprint density at radius 3 is 2.25 bits per heavy atom. The zero-order valence-corrected chi connectivity index (χ0v) is 9.63. The lowest BCUT2D eigenvalue weighted by atomic mass is 10.2. The lowest BCUT2D eigenvalue weighted by Gasteiger charge is -2.15. The molecule has 0 radical (unpaired) electrons. The molecule has 0 aromatic heterocycles. The molecule has 0 spiro atoms. The fourth-order valence-electron chi connectivity index (χ4n) is 0.960. The minimum atomic E-state index is -4.81. The molecule has 0 atom stereocenters. The lowest BCUT2D eigenvalue weighted by Crippen LogP contribution is -2.12. The average Bonchev–Trinajstić information content (AvgIpc) is 2.10. The van der Waals surface area contributed by atoms with Gasteiger partial charge < -0.3 is 4.74 Å². The Labute approximate surface area is 100 Å². The van der Waals surface area contributed by atoms with Crippen LogP contribution in [0.3, 0.4) is 0 Å². The number of halogens is 7. The monoisotopic (exact) mass is 324 g/mol. The lowest BCUT2D eigenvalue weighted by molar-refractivity contribution is -0.141. The van der Waals surface area contributed by atoms with Crippen LogP contribution in [0.1, 0.15) is 5.56 Å². The first-order chi connectivity index (χ1) is 7.23. The Bertz CT molecular complexity index is 393. The fraction of sp³-hybridized carbons (Fsp3) is 0.250. The van der Waals surface area contributed by atoms with E-state index < -0.39 is 29.1 Å². The molecular weight excluding hydrogens is 322 g/mol. The number of ether oxygens (including phenoxy) is 1. The molecule has 1 aromatic rings. The molecular formula is C8H3BrClF5O. The van der Waals surface area contributed by atoms with Crippen LogP contribution in [0.2, 0.25) is 5.02 Å². The summed E-state index contributed by atoms with van der Waals surface area (Å²) in [5, 5.41) is -0.546. The van der Waals surface area contributed by atoms with Crippen molar-refractivity contribution in [3.8, 4) is 5.75 Å². The zero-order valence-electron chi connectivity index (χ0n) is 7.29. The normalized spacial score (nSPS) is 12.0. The fourth-order valence-corrected chi connectivity index (χ4v) is 1.48. The van der Waals surface area contributed by atoms with Gasteiger partial charge in [-0.3, -0.25) is 0 Å². The van der Waals surface area contributed by atoms with Gasteiger partial charge in [-0.1, -0.05) is 11.6 Å². The predicted molar refractivity (Wildman–Crippen MR) is 50.8 cm³/mol. The van der Waals surface area contributed by atoms with Crippen LogP contribution in [-0.4, -0.2) is 6.61 Å². The highest BCUT2D eigenvalue weighted by atomic mass is 79.9. The van der Waals surface area contributed by atoms with Gasteiger partial charge in [0.05, 0.1) is 10.6 Å². The van der Waals surface area contributed by atoms with Gasteiger partial charge in [0.2, 0.25) is 0 Å². The Morgan fingerprint density at radius 2 is 1.81 bits per heavy atom. The highest BCUT2D eigenvalue weighted by Crippen LogP contribution is 2.43. The van der Waals surface area contributed by atoms with Crippen LogP contribution < -0.4 is 4.74 Å². The minimum absolute atomic E-state index is 0.0396. The van der Waals surface area contributed by atoms with Gasteiger partial charge in [-0.15, -0.1) is 0 Å². The second-order valence-corrected chi connectivity index (χ2v) is 3.85. The summed E-state index contributed by atoms with van der Waals surface area (Å²) in [7, 11) is 0. The van der Waals surface area contributed by atoms with Crippen molar-refractivity contribution in [3.05, 3.63) is 27.2 Å². The number of hydrogen-bond acceptors (Lipinski definition) is 1. The molecule has 90 valence electrons. The van der Waals surface area contributed by atoms with Crippen LogP contribution in [0.25, 0.3) is 0 Å². The predicted octanol–water partition coefficient (Wildman–Crippen LogP) is 4.72. The third-order valence-electron chi connectivity index (χ3n) is 1.56. The summed E-state index contributed by atoms with van der Waals surface area (Å²) >= 11 is 8.26. The van der Waals surface area contributed by atoms with E-state index in [-0.39, 0.29) is 4.47 Å². The highest BCUT2D eigenvalue weighted by Gasteiger charge is 2.36. The van der Waals surface area contributed by atoms with Crippen molar-refractivity contribution in [2.75, 3.05) is 0 Å². The van der Waals surface area contributed by atoms with Crippen molar-refractivity contribution >= 4 is 27.5 Å². The molecule has 1 rings (SSSR count). The van der Waals surface area contributed by atoms with Crippen molar-refractivity contribution in [2.24, 2.45) is 0 Å². The largest absolute Gasteiger partial charge is 0.433 e. The van der Waals surface area contributed by atoms with Crippen LogP contribution in [0.15, 0.2) is 16.6 Å². The minimum Gasteiger partial charge on any atom is -0.433 e. The average molecular weight is 325 g/mol. The van der Waals surface area contributed by atoms with Crippen LogP contribution in [0.5, 0.6) is 5.75 Å². The van der Waals surface area contributed by atoms with Gasteiger partial charge in [0, 0.05) is 4.47 Å². The molecule has 0 saturated heterocycles. The van der Waals surface area contributed by atoms with E-state index in [9.17, 15) is 22.0 Å². The quantitative estimate of drug-likeness (QED) is 0.715. The van der Waals surface area contributed by atoms with Gasteiger partial charge in [-0.25, -0.2) is 0 Å². The van der Waals surface area contributed by atoms with E-state index in [0.717, 1.165) is 6.07 Å². The molecule has 16 heavy (non-hydrogen) atoms. The molecule has 0 saturated carbocycles. The standard InChI is InChI=1S/C8H3BrClF5O/c9-4-2-1-3(8(13,14)15)6(5(4)10)16-7(11)12/h1-2,7H. The Balaban J connectivity index is 3.33. The molecule has 0 aliphatic heterocycles. The van der Waals surface area contributed by atoms with Gasteiger partial charge >= 0.3 is 12.8 Å². The summed E-state index contributed by atoms with van der Waals surface area (Å²) in [6.07, 6.45) is -4.81. The maximum atomic E-state index is 12.4. The molecule has 0 amide bonds. The van der Waals surface area contributed by atoms with Gasteiger partial charge in [0.25, 0.3) is 0 Å². The van der Waals surface area contributed by atoms with Gasteiger partial charge in [0.1, 0.15) is 0 Å². The smallest absolute Gasteiger partial charge is 0.420 e. The van der Waals surface area contributed by atoms with Gasteiger partial charge in [0.15, 0.2) is 5.75 Å². The van der Waals surface area contributed by atoms with Gasteiger partial charge in [-0.2, -0.15) is 22.0 Å². The van der Waals surface area contributed by atoms with E-state index in [4.69, 9.17) is 11.6 Å². The third-order valence-corrected chi connectivity index (χ3v) is 2.83. The Morgan fingerprint density at radius 1 is 1.25 bits per heavy atom. The second-order valence-electron chi connectivity index (χ2n) is 2.61. The Hall–Kier alpha value is -0.560. The molecule has 0 aliphatic carbocycles. The zero-order chi connectivity index (χ0) is 12.5. The highest BCUT2D eigenvalue weighted by molar-refractivity contribution is 9.10. The molecule has 0 fully saturated rings. The summed E-state index contributed by atoms with van der Waals surface area (Å²) in [4.78, 5) is 0. The topological polar surface area (TPSA) is 9.23 Å². The molecule has 1 aromatic carbocycles. The summed E-state index contributed by atoms with van der Waals surface area (Å²) in [5.41, 5.74) is -1.35. The van der Waals surface area contributed by atoms with Crippen molar-refractivity contribution in [3.63, 3.8) is 0 Å². The molecule has 0 heterocycles. The number of alkyl halides is 5. The molecule has 0 bridgehead atoms. The molecule has 8 heteroatoms. The SMILES string of the molecule is FC(F)Oc1c(C(F)(F)F)ccc(Br)c1Cl. The van der Waals surface area contributed by atoms with E-state index in [1.165, 1.54) is 0 Å². The maximum absolute atomic E-state index is 12.4. The summed E-state index contributed by atoms with van der Waals surface area (Å²) < 4.78 is 64.9. The van der Waals surface area contributed by atoms with Crippen LogP contribution in [0.4, 0.5) is 22.0 Å². The van der Waals surface area contributed by atoms with Crippen molar-refractivity contribution in [1.82, 2.24) is 0 Å². The number of rotatable bonds is 2. The first-order valence-corrected chi connectivity index (χ1v) is 4.90. The maximum Gasteiger partial charge on any atom is 0.420 e. The van der Waals surface area contributed by atoms with E-state index in [1.807, 2.05) is 0 Å². The number of benzene rings is 1. The molecule has 0 aliphatic rings. The van der Waals surface area contributed by atoms with E-state index >= 15 is 0 Å². The molecule has 0 N–H and O–H groups in total. The molecule has 0 unspecified atom stereocenters. The van der Waals surface area contributed by atoms with E-state index in [0.29, 0.717) is 6.07 Å². The Kier molecular flexibility index (Phi) is 4.01. The summed E-state index contributed by atoms with van der Waals surface area (Å²) in [6.45, 7) is -3.38. The first kappa shape index (κ1) is 13.5. The van der Waals surface area contributed by atoms with Crippen LogP contribution in [-0.2, 0) is 6.18 Å². The molecule has 1 nitrogen and oxygen atoms in total.